The summed E-state index contributed by atoms with van der Waals surface area (Å²) in [5.74, 6) is 0.911. The second kappa shape index (κ2) is 5.83. The molecular formula is C14H26N2. The average Bonchev–Trinajstić information content (AvgIpc) is 3.00. The molecule has 2 heteroatoms. The quantitative estimate of drug-likeness (QED) is 0.501. The van der Waals surface area contributed by atoms with E-state index in [9.17, 15) is 0 Å². The van der Waals surface area contributed by atoms with Gasteiger partial charge in [0.25, 0.3) is 0 Å². The van der Waals surface area contributed by atoms with Crippen molar-refractivity contribution in [2.75, 3.05) is 20.1 Å². The minimum atomic E-state index is 0.844. The standard InChI is InChI=1S/C14H26N2/c1-3-4-5-10-16(2)14-9-6-12(14)11-15-13-7-8-13/h3,12-15H,1,4-11H2,2H3. The zero-order chi connectivity index (χ0) is 11.4. The Hall–Kier alpha value is -0.340. The molecule has 0 aromatic rings. The van der Waals surface area contributed by atoms with Gasteiger partial charge in [0, 0.05) is 12.1 Å². The first-order valence-electron chi connectivity index (χ1n) is 6.85. The number of hydrogen-bond donors (Lipinski definition) is 1. The van der Waals surface area contributed by atoms with Crippen LogP contribution in [0.2, 0.25) is 0 Å². The van der Waals surface area contributed by atoms with Gasteiger partial charge in [-0.15, -0.1) is 6.58 Å². The van der Waals surface area contributed by atoms with Crippen LogP contribution in [0.3, 0.4) is 0 Å². The van der Waals surface area contributed by atoms with Gasteiger partial charge in [0.15, 0.2) is 0 Å². The van der Waals surface area contributed by atoms with Crippen molar-refractivity contribution >= 4 is 0 Å². The summed E-state index contributed by atoms with van der Waals surface area (Å²) < 4.78 is 0. The Morgan fingerprint density at radius 1 is 1.31 bits per heavy atom. The fourth-order valence-electron chi connectivity index (χ4n) is 2.63. The number of unbranched alkanes of at least 4 members (excludes halogenated alkanes) is 1. The van der Waals surface area contributed by atoms with Gasteiger partial charge in [-0.1, -0.05) is 6.08 Å². The van der Waals surface area contributed by atoms with Crippen LogP contribution in [0.25, 0.3) is 0 Å². The predicted molar refractivity (Wildman–Crippen MR) is 69.6 cm³/mol. The highest BCUT2D eigenvalue weighted by atomic mass is 15.1. The van der Waals surface area contributed by atoms with Crippen LogP contribution >= 0.6 is 0 Å². The maximum atomic E-state index is 3.78. The van der Waals surface area contributed by atoms with Crippen LogP contribution in [0.15, 0.2) is 12.7 Å². The molecule has 2 fully saturated rings. The van der Waals surface area contributed by atoms with E-state index in [2.05, 4.69) is 23.8 Å². The lowest BCUT2D eigenvalue weighted by Crippen LogP contribution is -2.49. The third kappa shape index (κ3) is 3.33. The first-order valence-corrected chi connectivity index (χ1v) is 6.85. The van der Waals surface area contributed by atoms with Gasteiger partial charge in [-0.05, 0) is 64.6 Å². The Morgan fingerprint density at radius 2 is 2.12 bits per heavy atom. The third-order valence-electron chi connectivity index (χ3n) is 4.11. The van der Waals surface area contributed by atoms with Crippen molar-refractivity contribution in [3.63, 3.8) is 0 Å². The van der Waals surface area contributed by atoms with Gasteiger partial charge in [0.2, 0.25) is 0 Å². The van der Waals surface area contributed by atoms with E-state index in [1.165, 1.54) is 45.2 Å². The fraction of sp³-hybridized carbons (Fsp3) is 0.857. The molecule has 16 heavy (non-hydrogen) atoms. The van der Waals surface area contributed by atoms with Crippen molar-refractivity contribution in [3.05, 3.63) is 12.7 Å². The molecule has 0 amide bonds. The molecule has 2 aliphatic rings. The van der Waals surface area contributed by atoms with E-state index in [0.717, 1.165) is 24.4 Å². The number of allylic oxidation sites excluding steroid dienone is 1. The van der Waals surface area contributed by atoms with Crippen LogP contribution in [-0.4, -0.2) is 37.1 Å². The first kappa shape index (κ1) is 12.1. The molecule has 2 atom stereocenters. The Balaban J connectivity index is 1.61. The summed E-state index contributed by atoms with van der Waals surface area (Å²) in [4.78, 5) is 2.56. The molecule has 1 N–H and O–H groups in total. The zero-order valence-corrected chi connectivity index (χ0v) is 10.6. The summed E-state index contributed by atoms with van der Waals surface area (Å²) in [6, 6.07) is 1.71. The summed E-state index contributed by atoms with van der Waals surface area (Å²) in [6.45, 7) is 6.26. The summed E-state index contributed by atoms with van der Waals surface area (Å²) in [6.07, 6.45) is 10.1. The lowest BCUT2D eigenvalue weighted by Gasteiger charge is -2.43. The third-order valence-corrected chi connectivity index (χ3v) is 4.11. The molecule has 0 aliphatic heterocycles. The SMILES string of the molecule is C=CCCCN(C)C1CCC1CNC1CC1. The highest BCUT2D eigenvalue weighted by molar-refractivity contribution is 4.91. The molecule has 2 unspecified atom stereocenters. The number of nitrogens with zero attached hydrogens (tertiary/aromatic N) is 1. The summed E-state index contributed by atoms with van der Waals surface area (Å²) in [5.41, 5.74) is 0. The van der Waals surface area contributed by atoms with Crippen molar-refractivity contribution < 1.29 is 0 Å². The molecule has 0 bridgehead atoms. The smallest absolute Gasteiger partial charge is 0.0133 e. The van der Waals surface area contributed by atoms with Gasteiger partial charge in [-0.3, -0.25) is 0 Å². The number of rotatable bonds is 8. The highest BCUT2D eigenvalue weighted by Gasteiger charge is 2.34. The average molecular weight is 222 g/mol. The normalized spacial score (nSPS) is 29.1. The number of nitrogens with one attached hydrogen (secondary N) is 1. The lowest BCUT2D eigenvalue weighted by molar-refractivity contribution is 0.0829. The second-order valence-electron chi connectivity index (χ2n) is 5.50. The largest absolute Gasteiger partial charge is 0.314 e. The van der Waals surface area contributed by atoms with E-state index in [1.54, 1.807) is 0 Å². The van der Waals surface area contributed by atoms with Crippen molar-refractivity contribution in [1.82, 2.24) is 10.2 Å². The first-order chi connectivity index (χ1) is 7.81. The Kier molecular flexibility index (Phi) is 4.42. The fourth-order valence-corrected chi connectivity index (χ4v) is 2.63. The Labute approximate surface area is 100 Å². The maximum Gasteiger partial charge on any atom is 0.0133 e. The van der Waals surface area contributed by atoms with E-state index >= 15 is 0 Å². The molecular weight excluding hydrogens is 196 g/mol. The molecule has 2 saturated carbocycles. The summed E-state index contributed by atoms with van der Waals surface area (Å²) in [5, 5.41) is 3.67. The van der Waals surface area contributed by atoms with Gasteiger partial charge >= 0.3 is 0 Å². The molecule has 2 rings (SSSR count). The second-order valence-corrected chi connectivity index (χ2v) is 5.50. The molecule has 2 aliphatic carbocycles. The van der Waals surface area contributed by atoms with E-state index in [1.807, 2.05) is 6.08 Å². The van der Waals surface area contributed by atoms with E-state index in [0.29, 0.717) is 0 Å². The topological polar surface area (TPSA) is 15.3 Å². The molecule has 0 aromatic heterocycles. The van der Waals surface area contributed by atoms with Crippen LogP contribution in [0.1, 0.15) is 38.5 Å². The van der Waals surface area contributed by atoms with Gasteiger partial charge in [-0.25, -0.2) is 0 Å². The van der Waals surface area contributed by atoms with Crippen molar-refractivity contribution in [2.24, 2.45) is 5.92 Å². The molecule has 92 valence electrons. The van der Waals surface area contributed by atoms with Crippen molar-refractivity contribution in [1.29, 1.82) is 0 Å². The Morgan fingerprint density at radius 3 is 2.69 bits per heavy atom. The molecule has 0 radical (unpaired) electrons. The minimum Gasteiger partial charge on any atom is -0.314 e. The minimum absolute atomic E-state index is 0.844. The van der Waals surface area contributed by atoms with Gasteiger partial charge in [0.05, 0.1) is 0 Å². The molecule has 0 saturated heterocycles. The highest BCUT2D eigenvalue weighted by Crippen LogP contribution is 2.32. The summed E-state index contributed by atoms with van der Waals surface area (Å²) in [7, 11) is 2.29. The molecule has 2 nitrogen and oxygen atoms in total. The van der Waals surface area contributed by atoms with E-state index in [-0.39, 0.29) is 0 Å². The monoisotopic (exact) mass is 222 g/mol. The van der Waals surface area contributed by atoms with Crippen molar-refractivity contribution in [2.45, 2.75) is 50.6 Å². The van der Waals surface area contributed by atoms with E-state index < -0.39 is 0 Å². The van der Waals surface area contributed by atoms with E-state index in [4.69, 9.17) is 0 Å². The summed E-state index contributed by atoms with van der Waals surface area (Å²) >= 11 is 0. The molecule has 0 heterocycles. The Bertz CT molecular complexity index is 223. The van der Waals surface area contributed by atoms with Gasteiger partial charge in [-0.2, -0.15) is 0 Å². The van der Waals surface area contributed by atoms with Crippen LogP contribution in [0.5, 0.6) is 0 Å². The van der Waals surface area contributed by atoms with Crippen molar-refractivity contribution in [3.8, 4) is 0 Å². The van der Waals surface area contributed by atoms with Gasteiger partial charge in [0.1, 0.15) is 0 Å². The van der Waals surface area contributed by atoms with Gasteiger partial charge < -0.3 is 10.2 Å². The zero-order valence-electron chi connectivity index (χ0n) is 10.6. The van der Waals surface area contributed by atoms with Crippen LogP contribution in [0, 0.1) is 5.92 Å². The molecule has 0 spiro atoms. The predicted octanol–water partition coefficient (Wildman–Crippen LogP) is 2.42. The van der Waals surface area contributed by atoms with Crippen LogP contribution < -0.4 is 5.32 Å². The van der Waals surface area contributed by atoms with Crippen LogP contribution in [-0.2, 0) is 0 Å². The molecule has 0 aromatic carbocycles. The maximum absolute atomic E-state index is 3.78. The lowest BCUT2D eigenvalue weighted by atomic mass is 9.78. The number of hydrogen-bond acceptors (Lipinski definition) is 2. The van der Waals surface area contributed by atoms with Crippen LogP contribution in [0.4, 0.5) is 0 Å².